The van der Waals surface area contributed by atoms with E-state index in [1.807, 2.05) is 4.57 Å². The van der Waals surface area contributed by atoms with Gasteiger partial charge in [0.05, 0.1) is 19.1 Å². The van der Waals surface area contributed by atoms with Crippen LogP contribution in [0.15, 0.2) is 12.5 Å². The van der Waals surface area contributed by atoms with Gasteiger partial charge in [-0.15, -0.1) is 0 Å². The SMILES string of the molecule is CCCC(CN)n1cncc1C(=O)OCC. The number of ether oxygens (including phenoxy) is 1. The topological polar surface area (TPSA) is 70.1 Å². The maximum absolute atomic E-state index is 11.6. The number of rotatable bonds is 6. The van der Waals surface area contributed by atoms with Crippen LogP contribution in [-0.4, -0.2) is 28.7 Å². The van der Waals surface area contributed by atoms with Crippen molar-refractivity contribution in [1.82, 2.24) is 9.55 Å². The molecule has 5 nitrogen and oxygen atoms in total. The molecular weight excluding hydrogens is 206 g/mol. The van der Waals surface area contributed by atoms with Crippen molar-refractivity contribution in [3.63, 3.8) is 0 Å². The average molecular weight is 225 g/mol. The summed E-state index contributed by atoms with van der Waals surface area (Å²) in [6, 6.07) is 0.118. The first-order chi connectivity index (χ1) is 7.74. The summed E-state index contributed by atoms with van der Waals surface area (Å²) in [6.45, 7) is 4.73. The molecule has 16 heavy (non-hydrogen) atoms. The zero-order valence-corrected chi connectivity index (χ0v) is 9.85. The first-order valence-electron chi connectivity index (χ1n) is 5.63. The maximum atomic E-state index is 11.6. The highest BCUT2D eigenvalue weighted by molar-refractivity contribution is 5.87. The fourth-order valence-electron chi connectivity index (χ4n) is 1.66. The largest absolute Gasteiger partial charge is 0.461 e. The minimum Gasteiger partial charge on any atom is -0.461 e. The lowest BCUT2D eigenvalue weighted by atomic mass is 10.1. The Balaban J connectivity index is 2.87. The van der Waals surface area contributed by atoms with E-state index in [-0.39, 0.29) is 12.0 Å². The van der Waals surface area contributed by atoms with Gasteiger partial charge in [-0.3, -0.25) is 0 Å². The van der Waals surface area contributed by atoms with Crippen LogP contribution in [0.3, 0.4) is 0 Å². The summed E-state index contributed by atoms with van der Waals surface area (Å²) in [6.07, 6.45) is 5.11. The maximum Gasteiger partial charge on any atom is 0.356 e. The van der Waals surface area contributed by atoms with Crippen molar-refractivity contribution in [2.45, 2.75) is 32.7 Å². The van der Waals surface area contributed by atoms with E-state index in [2.05, 4.69) is 11.9 Å². The Morgan fingerprint density at radius 2 is 2.38 bits per heavy atom. The molecule has 0 aromatic carbocycles. The van der Waals surface area contributed by atoms with Crippen LogP contribution in [0.25, 0.3) is 0 Å². The van der Waals surface area contributed by atoms with Crippen molar-refractivity contribution in [2.75, 3.05) is 13.2 Å². The molecule has 1 aromatic rings. The summed E-state index contributed by atoms with van der Waals surface area (Å²) < 4.78 is 6.77. The zero-order valence-electron chi connectivity index (χ0n) is 9.85. The second kappa shape index (κ2) is 6.27. The second-order valence-corrected chi connectivity index (χ2v) is 3.58. The fraction of sp³-hybridized carbons (Fsp3) is 0.636. The first-order valence-corrected chi connectivity index (χ1v) is 5.63. The number of carbonyl (C=O) groups is 1. The molecule has 1 heterocycles. The summed E-state index contributed by atoms with van der Waals surface area (Å²) in [4.78, 5) is 15.6. The normalized spacial score (nSPS) is 12.4. The zero-order chi connectivity index (χ0) is 12.0. The van der Waals surface area contributed by atoms with E-state index in [1.165, 1.54) is 6.20 Å². The van der Waals surface area contributed by atoms with E-state index in [1.54, 1.807) is 13.3 Å². The Kier molecular flexibility index (Phi) is 4.98. The summed E-state index contributed by atoms with van der Waals surface area (Å²) in [5.41, 5.74) is 6.17. The number of nitrogens with zero attached hydrogens (tertiary/aromatic N) is 2. The summed E-state index contributed by atoms with van der Waals surface area (Å²) in [5.74, 6) is -0.338. The van der Waals surface area contributed by atoms with E-state index in [9.17, 15) is 4.79 Å². The van der Waals surface area contributed by atoms with Crippen LogP contribution in [-0.2, 0) is 4.74 Å². The van der Waals surface area contributed by atoms with E-state index < -0.39 is 0 Å². The van der Waals surface area contributed by atoms with Crippen LogP contribution >= 0.6 is 0 Å². The van der Waals surface area contributed by atoms with Gasteiger partial charge < -0.3 is 15.0 Å². The van der Waals surface area contributed by atoms with Gasteiger partial charge in [0.2, 0.25) is 0 Å². The Morgan fingerprint density at radius 1 is 1.62 bits per heavy atom. The van der Waals surface area contributed by atoms with Gasteiger partial charge in [-0.2, -0.15) is 0 Å². The number of hydrogen-bond donors (Lipinski definition) is 1. The van der Waals surface area contributed by atoms with Gasteiger partial charge in [-0.1, -0.05) is 13.3 Å². The highest BCUT2D eigenvalue weighted by atomic mass is 16.5. The van der Waals surface area contributed by atoms with Crippen molar-refractivity contribution >= 4 is 5.97 Å². The van der Waals surface area contributed by atoms with E-state index in [0.29, 0.717) is 18.8 Å². The number of nitrogens with two attached hydrogens (primary N) is 1. The predicted molar refractivity (Wildman–Crippen MR) is 61.2 cm³/mol. The highest BCUT2D eigenvalue weighted by Gasteiger charge is 2.17. The molecule has 1 unspecified atom stereocenters. The molecule has 1 rings (SSSR count). The van der Waals surface area contributed by atoms with Crippen molar-refractivity contribution in [2.24, 2.45) is 5.73 Å². The molecule has 0 saturated carbocycles. The smallest absolute Gasteiger partial charge is 0.356 e. The molecular formula is C11H19N3O2. The van der Waals surface area contributed by atoms with E-state index in [0.717, 1.165) is 12.8 Å². The number of aromatic nitrogens is 2. The number of esters is 1. The van der Waals surface area contributed by atoms with E-state index in [4.69, 9.17) is 10.5 Å². The lowest BCUT2D eigenvalue weighted by molar-refractivity contribution is 0.0511. The molecule has 0 aliphatic rings. The van der Waals surface area contributed by atoms with Gasteiger partial charge in [0.25, 0.3) is 0 Å². The molecule has 0 radical (unpaired) electrons. The summed E-state index contributed by atoms with van der Waals surface area (Å²) >= 11 is 0. The predicted octanol–water partition coefficient (Wildman–Crippen LogP) is 1.36. The number of imidazole rings is 1. The minimum atomic E-state index is -0.338. The van der Waals surface area contributed by atoms with Gasteiger partial charge in [0.1, 0.15) is 5.69 Å². The third-order valence-electron chi connectivity index (χ3n) is 2.44. The highest BCUT2D eigenvalue weighted by Crippen LogP contribution is 2.15. The Morgan fingerprint density at radius 3 is 2.94 bits per heavy atom. The van der Waals surface area contributed by atoms with Crippen LogP contribution in [0.4, 0.5) is 0 Å². The molecule has 0 saturated heterocycles. The number of carbonyl (C=O) groups excluding carboxylic acids is 1. The summed E-state index contributed by atoms with van der Waals surface area (Å²) in [7, 11) is 0. The Hall–Kier alpha value is -1.36. The minimum absolute atomic E-state index is 0.118. The van der Waals surface area contributed by atoms with Crippen LogP contribution in [0.5, 0.6) is 0 Å². The van der Waals surface area contributed by atoms with Gasteiger partial charge in [-0.05, 0) is 13.3 Å². The van der Waals surface area contributed by atoms with Gasteiger partial charge in [-0.25, -0.2) is 9.78 Å². The van der Waals surface area contributed by atoms with Crippen LogP contribution in [0, 0.1) is 0 Å². The third kappa shape index (κ3) is 2.82. The van der Waals surface area contributed by atoms with Crippen molar-refractivity contribution in [1.29, 1.82) is 0 Å². The average Bonchev–Trinajstić information content (AvgIpc) is 2.75. The van der Waals surface area contributed by atoms with Gasteiger partial charge in [0, 0.05) is 12.6 Å². The van der Waals surface area contributed by atoms with E-state index >= 15 is 0 Å². The molecule has 0 aliphatic heterocycles. The molecule has 0 spiro atoms. The van der Waals surface area contributed by atoms with Crippen LogP contribution in [0.2, 0.25) is 0 Å². The lowest BCUT2D eigenvalue weighted by Gasteiger charge is -2.17. The van der Waals surface area contributed by atoms with Crippen LogP contribution in [0.1, 0.15) is 43.2 Å². The van der Waals surface area contributed by atoms with Crippen LogP contribution < -0.4 is 5.73 Å². The summed E-state index contributed by atoms with van der Waals surface area (Å²) in [5, 5.41) is 0. The first kappa shape index (κ1) is 12.7. The lowest BCUT2D eigenvalue weighted by Crippen LogP contribution is -2.22. The standard InChI is InChI=1S/C11H19N3O2/c1-3-5-9(6-12)14-8-13-7-10(14)11(15)16-4-2/h7-9H,3-6,12H2,1-2H3. The molecule has 1 atom stereocenters. The molecule has 90 valence electrons. The van der Waals surface area contributed by atoms with Crippen molar-refractivity contribution in [3.05, 3.63) is 18.2 Å². The van der Waals surface area contributed by atoms with Gasteiger partial charge in [0.15, 0.2) is 0 Å². The fourth-order valence-corrected chi connectivity index (χ4v) is 1.66. The molecule has 2 N–H and O–H groups in total. The quantitative estimate of drug-likeness (QED) is 0.742. The monoisotopic (exact) mass is 225 g/mol. The van der Waals surface area contributed by atoms with Crippen molar-refractivity contribution in [3.8, 4) is 0 Å². The molecule has 0 amide bonds. The molecule has 0 fully saturated rings. The molecule has 5 heteroatoms. The molecule has 0 aliphatic carbocycles. The molecule has 1 aromatic heterocycles. The third-order valence-corrected chi connectivity index (χ3v) is 2.44. The Bertz CT molecular complexity index is 336. The van der Waals surface area contributed by atoms with Gasteiger partial charge >= 0.3 is 5.97 Å². The van der Waals surface area contributed by atoms with Crippen molar-refractivity contribution < 1.29 is 9.53 Å². The Labute approximate surface area is 95.6 Å². The number of hydrogen-bond acceptors (Lipinski definition) is 4. The second-order valence-electron chi connectivity index (χ2n) is 3.58. The molecule has 0 bridgehead atoms.